The molecule has 0 aliphatic heterocycles. The highest BCUT2D eigenvalue weighted by Crippen LogP contribution is 2.41. The molecule has 0 bridgehead atoms. The number of hydrogen-bond acceptors (Lipinski definition) is 2. The zero-order valence-corrected chi connectivity index (χ0v) is 12.9. The zero-order valence-electron chi connectivity index (χ0n) is 12.2. The third-order valence-electron chi connectivity index (χ3n) is 4.00. The molecule has 2 aromatic rings. The van der Waals surface area contributed by atoms with Gasteiger partial charge in [0.1, 0.15) is 5.75 Å². The SMILES string of the molecule is CCOc1cccc(NC2CC(c3ccccc3Cl)C2)c1. The standard InChI is InChI=1S/C18H20ClNO/c1-2-21-16-7-5-6-14(12-16)20-15-10-13(11-15)17-8-3-4-9-18(17)19/h3-9,12-13,15,20H,2,10-11H2,1H3. The first-order valence-electron chi connectivity index (χ1n) is 7.50. The van der Waals surface area contributed by atoms with Crippen LogP contribution in [0.4, 0.5) is 5.69 Å². The molecule has 0 heterocycles. The Morgan fingerprint density at radius 2 is 1.95 bits per heavy atom. The number of halogens is 1. The molecule has 1 aliphatic rings. The first-order valence-corrected chi connectivity index (χ1v) is 7.88. The highest BCUT2D eigenvalue weighted by Gasteiger charge is 2.31. The lowest BCUT2D eigenvalue weighted by molar-refractivity contribution is 0.340. The van der Waals surface area contributed by atoms with Crippen molar-refractivity contribution < 1.29 is 4.74 Å². The second-order valence-corrected chi connectivity index (χ2v) is 5.90. The Bertz CT molecular complexity index is 608. The summed E-state index contributed by atoms with van der Waals surface area (Å²) in [7, 11) is 0. The van der Waals surface area contributed by atoms with Crippen molar-refractivity contribution in [2.45, 2.75) is 31.7 Å². The number of rotatable bonds is 5. The van der Waals surface area contributed by atoms with Crippen molar-refractivity contribution in [2.24, 2.45) is 0 Å². The summed E-state index contributed by atoms with van der Waals surface area (Å²) in [5, 5.41) is 4.46. The maximum atomic E-state index is 6.26. The summed E-state index contributed by atoms with van der Waals surface area (Å²) >= 11 is 6.26. The lowest BCUT2D eigenvalue weighted by Crippen LogP contribution is -2.34. The molecule has 0 unspecified atom stereocenters. The van der Waals surface area contributed by atoms with Crippen LogP contribution in [0.15, 0.2) is 48.5 Å². The van der Waals surface area contributed by atoms with E-state index in [1.165, 1.54) is 5.56 Å². The number of nitrogens with one attached hydrogen (secondary N) is 1. The van der Waals surface area contributed by atoms with E-state index in [9.17, 15) is 0 Å². The van der Waals surface area contributed by atoms with Gasteiger partial charge in [-0.2, -0.15) is 0 Å². The van der Waals surface area contributed by atoms with Gasteiger partial charge >= 0.3 is 0 Å². The van der Waals surface area contributed by atoms with Gasteiger partial charge in [0.25, 0.3) is 0 Å². The van der Waals surface area contributed by atoms with Gasteiger partial charge < -0.3 is 10.1 Å². The fourth-order valence-corrected chi connectivity index (χ4v) is 3.16. The number of benzene rings is 2. The van der Waals surface area contributed by atoms with E-state index in [1.807, 2.05) is 31.2 Å². The van der Waals surface area contributed by atoms with Crippen LogP contribution in [-0.4, -0.2) is 12.6 Å². The Morgan fingerprint density at radius 3 is 2.71 bits per heavy atom. The van der Waals surface area contributed by atoms with Crippen molar-refractivity contribution in [1.82, 2.24) is 0 Å². The highest BCUT2D eigenvalue weighted by atomic mass is 35.5. The van der Waals surface area contributed by atoms with Gasteiger partial charge in [-0.25, -0.2) is 0 Å². The van der Waals surface area contributed by atoms with E-state index < -0.39 is 0 Å². The summed E-state index contributed by atoms with van der Waals surface area (Å²) in [6, 6.07) is 16.8. The van der Waals surface area contributed by atoms with E-state index in [0.717, 1.165) is 29.3 Å². The summed E-state index contributed by atoms with van der Waals surface area (Å²) in [6.45, 7) is 2.70. The van der Waals surface area contributed by atoms with Crippen LogP contribution in [0.25, 0.3) is 0 Å². The van der Waals surface area contributed by atoms with Crippen LogP contribution in [0.5, 0.6) is 5.75 Å². The van der Waals surface area contributed by atoms with Crippen LogP contribution < -0.4 is 10.1 Å². The van der Waals surface area contributed by atoms with Crippen LogP contribution in [0.1, 0.15) is 31.2 Å². The molecule has 21 heavy (non-hydrogen) atoms. The predicted octanol–water partition coefficient (Wildman–Crippen LogP) is 5.10. The highest BCUT2D eigenvalue weighted by molar-refractivity contribution is 6.31. The Kier molecular flexibility index (Phi) is 4.35. The number of hydrogen-bond donors (Lipinski definition) is 1. The van der Waals surface area contributed by atoms with Crippen molar-refractivity contribution in [1.29, 1.82) is 0 Å². The molecule has 3 heteroatoms. The Labute approximate surface area is 131 Å². The molecule has 1 saturated carbocycles. The number of ether oxygens (including phenoxy) is 1. The monoisotopic (exact) mass is 301 g/mol. The molecule has 0 saturated heterocycles. The maximum absolute atomic E-state index is 6.26. The van der Waals surface area contributed by atoms with Gasteiger partial charge in [0, 0.05) is 22.8 Å². The first-order chi connectivity index (χ1) is 10.3. The average molecular weight is 302 g/mol. The van der Waals surface area contributed by atoms with Gasteiger partial charge in [0.15, 0.2) is 0 Å². The lowest BCUT2D eigenvalue weighted by Gasteiger charge is -2.37. The number of anilines is 1. The molecule has 2 aromatic carbocycles. The molecular weight excluding hydrogens is 282 g/mol. The van der Waals surface area contributed by atoms with E-state index in [4.69, 9.17) is 16.3 Å². The third kappa shape index (κ3) is 3.33. The Balaban J connectivity index is 1.57. The van der Waals surface area contributed by atoms with Crippen molar-refractivity contribution in [3.8, 4) is 5.75 Å². The minimum absolute atomic E-state index is 0.517. The second-order valence-electron chi connectivity index (χ2n) is 5.49. The summed E-state index contributed by atoms with van der Waals surface area (Å²) in [4.78, 5) is 0. The molecule has 1 N–H and O–H groups in total. The Hall–Kier alpha value is -1.67. The second kappa shape index (κ2) is 6.40. The van der Waals surface area contributed by atoms with E-state index in [2.05, 4.69) is 29.6 Å². The minimum atomic E-state index is 0.517. The summed E-state index contributed by atoms with van der Waals surface area (Å²) in [5.41, 5.74) is 2.41. The van der Waals surface area contributed by atoms with Crippen LogP contribution >= 0.6 is 11.6 Å². The quantitative estimate of drug-likeness (QED) is 0.830. The lowest BCUT2D eigenvalue weighted by atomic mass is 9.76. The van der Waals surface area contributed by atoms with E-state index >= 15 is 0 Å². The third-order valence-corrected chi connectivity index (χ3v) is 4.34. The molecule has 0 atom stereocenters. The van der Waals surface area contributed by atoms with Crippen LogP contribution in [-0.2, 0) is 0 Å². The van der Waals surface area contributed by atoms with Crippen molar-refractivity contribution in [3.63, 3.8) is 0 Å². The summed E-state index contributed by atoms with van der Waals surface area (Å²) in [5.74, 6) is 1.50. The molecule has 3 rings (SSSR count). The van der Waals surface area contributed by atoms with Gasteiger partial charge in [-0.1, -0.05) is 35.9 Å². The molecule has 0 amide bonds. The fourth-order valence-electron chi connectivity index (χ4n) is 2.87. The first kappa shape index (κ1) is 14.3. The largest absolute Gasteiger partial charge is 0.494 e. The van der Waals surface area contributed by atoms with E-state index in [0.29, 0.717) is 18.6 Å². The van der Waals surface area contributed by atoms with Crippen molar-refractivity contribution in [2.75, 3.05) is 11.9 Å². The van der Waals surface area contributed by atoms with Gasteiger partial charge in [-0.3, -0.25) is 0 Å². The van der Waals surface area contributed by atoms with Crippen molar-refractivity contribution in [3.05, 3.63) is 59.1 Å². The minimum Gasteiger partial charge on any atom is -0.494 e. The summed E-state index contributed by atoms with van der Waals surface area (Å²) < 4.78 is 5.53. The topological polar surface area (TPSA) is 21.3 Å². The van der Waals surface area contributed by atoms with Gasteiger partial charge in [0.05, 0.1) is 6.61 Å². The van der Waals surface area contributed by atoms with Gasteiger partial charge in [-0.15, -0.1) is 0 Å². The van der Waals surface area contributed by atoms with Gasteiger partial charge in [-0.05, 0) is 49.4 Å². The molecule has 1 aliphatic carbocycles. The zero-order chi connectivity index (χ0) is 14.7. The Morgan fingerprint density at radius 1 is 1.14 bits per heavy atom. The summed E-state index contributed by atoms with van der Waals surface area (Å²) in [6.07, 6.45) is 2.26. The molecule has 2 nitrogen and oxygen atoms in total. The van der Waals surface area contributed by atoms with Crippen LogP contribution in [0.2, 0.25) is 5.02 Å². The molecule has 110 valence electrons. The average Bonchev–Trinajstić information content (AvgIpc) is 2.44. The smallest absolute Gasteiger partial charge is 0.121 e. The normalized spacial score (nSPS) is 20.7. The van der Waals surface area contributed by atoms with E-state index in [1.54, 1.807) is 0 Å². The van der Waals surface area contributed by atoms with Crippen LogP contribution in [0, 0.1) is 0 Å². The molecule has 1 fully saturated rings. The van der Waals surface area contributed by atoms with E-state index in [-0.39, 0.29) is 0 Å². The molecular formula is C18H20ClNO. The molecule has 0 radical (unpaired) electrons. The van der Waals surface area contributed by atoms with Gasteiger partial charge in [0.2, 0.25) is 0 Å². The molecule has 0 aromatic heterocycles. The fraction of sp³-hybridized carbons (Fsp3) is 0.333. The van der Waals surface area contributed by atoms with Crippen molar-refractivity contribution >= 4 is 17.3 Å². The predicted molar refractivity (Wildman–Crippen MR) is 88.4 cm³/mol. The van der Waals surface area contributed by atoms with Crippen LogP contribution in [0.3, 0.4) is 0 Å². The maximum Gasteiger partial charge on any atom is 0.121 e. The molecule has 0 spiro atoms.